The number of hydrogen-bond donors (Lipinski definition) is 0. The highest BCUT2D eigenvalue weighted by Crippen LogP contribution is 2.33. The molecule has 0 atom stereocenters. The molecule has 1 aromatic carbocycles. The second-order valence-corrected chi connectivity index (χ2v) is 6.36. The van der Waals surface area contributed by atoms with Crippen LogP contribution in [0.15, 0.2) is 29.6 Å². The van der Waals surface area contributed by atoms with Crippen LogP contribution < -0.4 is 4.74 Å². The van der Waals surface area contributed by atoms with Gasteiger partial charge >= 0.3 is 0 Å². The van der Waals surface area contributed by atoms with Gasteiger partial charge in [-0.05, 0) is 31.2 Å². The molecule has 0 saturated carbocycles. The second-order valence-electron chi connectivity index (χ2n) is 5.01. The number of alkyl halides is 2. The zero-order valence-corrected chi connectivity index (χ0v) is 13.8. The summed E-state index contributed by atoms with van der Waals surface area (Å²) < 4.78 is 32.1. The van der Waals surface area contributed by atoms with Crippen LogP contribution in [0.25, 0.3) is 10.9 Å². The third-order valence-electron chi connectivity index (χ3n) is 3.54. The van der Waals surface area contributed by atoms with E-state index < -0.39 is 6.43 Å². The Balaban J connectivity index is 2.12. The number of thiophene rings is 1. The number of rotatable bonds is 3. The van der Waals surface area contributed by atoms with E-state index in [1.54, 1.807) is 19.1 Å². The van der Waals surface area contributed by atoms with Crippen LogP contribution in [0.3, 0.4) is 0 Å². The molecule has 3 aromatic rings. The summed E-state index contributed by atoms with van der Waals surface area (Å²) >= 11 is 7.01. The summed E-state index contributed by atoms with van der Waals surface area (Å²) in [5, 5.41) is 2.62. The van der Waals surface area contributed by atoms with Crippen LogP contribution >= 0.6 is 22.9 Å². The monoisotopic (exact) mass is 355 g/mol. The molecule has 3 nitrogen and oxygen atoms in total. The van der Waals surface area contributed by atoms with Gasteiger partial charge in [-0.15, -0.1) is 11.3 Å². The fourth-order valence-corrected chi connectivity index (χ4v) is 3.45. The largest absolute Gasteiger partial charge is 0.495 e. The van der Waals surface area contributed by atoms with Gasteiger partial charge in [0.25, 0.3) is 12.3 Å². The van der Waals surface area contributed by atoms with E-state index in [9.17, 15) is 13.6 Å². The molecule has 7 heteroatoms. The molecule has 0 amide bonds. The number of carbonyl (C=O) groups excluding carboxylic acids is 1. The van der Waals surface area contributed by atoms with Crippen molar-refractivity contribution in [3.63, 3.8) is 0 Å². The SMILES string of the molecule is COc1cc2cc(C)n(C(=O)c3csc(C(F)F)c3)c2cc1Cl. The Bertz CT molecular complexity index is 901. The molecule has 0 unspecified atom stereocenters. The number of aryl methyl sites for hydroxylation is 1. The lowest BCUT2D eigenvalue weighted by atomic mass is 10.2. The van der Waals surface area contributed by atoms with Crippen LogP contribution in [0.1, 0.15) is 27.4 Å². The normalized spacial score (nSPS) is 11.4. The van der Waals surface area contributed by atoms with E-state index in [4.69, 9.17) is 16.3 Å². The minimum atomic E-state index is -2.58. The predicted molar refractivity (Wildman–Crippen MR) is 87.2 cm³/mol. The first-order chi connectivity index (χ1) is 10.9. The number of aromatic nitrogens is 1. The van der Waals surface area contributed by atoms with Gasteiger partial charge in [-0.2, -0.15) is 0 Å². The number of hydrogen-bond acceptors (Lipinski definition) is 3. The van der Waals surface area contributed by atoms with Crippen LogP contribution in [0.4, 0.5) is 8.78 Å². The Morgan fingerprint density at radius 2 is 2.04 bits per heavy atom. The molecule has 120 valence electrons. The highest BCUT2D eigenvalue weighted by molar-refractivity contribution is 7.10. The zero-order chi connectivity index (χ0) is 16.7. The molecule has 0 saturated heterocycles. The second kappa shape index (κ2) is 5.94. The standard InChI is InChI=1S/C16H12ClF2NO2S/c1-8-3-9-4-13(22-2)11(17)6-12(9)20(8)16(21)10-5-14(15(18)19)23-7-10/h3-7,15H,1-2H3. The maximum Gasteiger partial charge on any atom is 0.272 e. The molecular weight excluding hydrogens is 344 g/mol. The van der Waals surface area contributed by atoms with Crippen molar-refractivity contribution in [1.82, 2.24) is 4.57 Å². The summed E-state index contributed by atoms with van der Waals surface area (Å²) in [4.78, 5) is 12.6. The topological polar surface area (TPSA) is 31.2 Å². The van der Waals surface area contributed by atoms with Gasteiger partial charge in [0.1, 0.15) is 5.75 Å². The Morgan fingerprint density at radius 1 is 1.30 bits per heavy atom. The lowest BCUT2D eigenvalue weighted by Crippen LogP contribution is -2.12. The lowest BCUT2D eigenvalue weighted by Gasteiger charge is -2.07. The Kier molecular flexibility index (Phi) is 4.12. The summed E-state index contributed by atoms with van der Waals surface area (Å²) in [6.07, 6.45) is -2.58. The number of methoxy groups -OCH3 is 1. The van der Waals surface area contributed by atoms with Crippen LogP contribution in [0.5, 0.6) is 5.75 Å². The van der Waals surface area contributed by atoms with E-state index in [2.05, 4.69) is 0 Å². The maximum absolute atomic E-state index is 12.7. The fourth-order valence-electron chi connectivity index (χ4n) is 2.48. The first-order valence-electron chi connectivity index (χ1n) is 6.69. The van der Waals surface area contributed by atoms with Crippen molar-refractivity contribution in [1.29, 1.82) is 0 Å². The summed E-state index contributed by atoms with van der Waals surface area (Å²) in [7, 11) is 1.51. The fraction of sp³-hybridized carbons (Fsp3) is 0.188. The molecule has 2 aromatic heterocycles. The van der Waals surface area contributed by atoms with Gasteiger partial charge in [-0.1, -0.05) is 11.6 Å². The smallest absolute Gasteiger partial charge is 0.272 e. The number of carbonyl (C=O) groups is 1. The van der Waals surface area contributed by atoms with Crippen molar-refractivity contribution in [2.24, 2.45) is 0 Å². The zero-order valence-electron chi connectivity index (χ0n) is 12.3. The number of halogens is 3. The van der Waals surface area contributed by atoms with Gasteiger partial charge in [0.2, 0.25) is 0 Å². The lowest BCUT2D eigenvalue weighted by molar-refractivity contribution is 0.0963. The van der Waals surface area contributed by atoms with Crippen molar-refractivity contribution in [2.75, 3.05) is 7.11 Å². The summed E-state index contributed by atoms with van der Waals surface area (Å²) in [6, 6.07) is 6.44. The molecule has 0 aliphatic carbocycles. The van der Waals surface area contributed by atoms with Gasteiger partial charge in [0.15, 0.2) is 0 Å². The molecule has 2 heterocycles. The maximum atomic E-state index is 12.7. The van der Waals surface area contributed by atoms with Gasteiger partial charge in [-0.25, -0.2) is 8.78 Å². The summed E-state index contributed by atoms with van der Waals surface area (Å²) in [5.74, 6) is 0.154. The number of fused-ring (bicyclic) bond motifs is 1. The Labute approximate surface area is 140 Å². The van der Waals surface area contributed by atoms with Crippen molar-refractivity contribution in [2.45, 2.75) is 13.3 Å². The van der Waals surface area contributed by atoms with Gasteiger partial charge < -0.3 is 4.74 Å². The minimum absolute atomic E-state index is 0.123. The van der Waals surface area contributed by atoms with Crippen molar-refractivity contribution in [3.05, 3.63) is 50.8 Å². The number of nitrogens with zero attached hydrogens (tertiary/aromatic N) is 1. The van der Waals surface area contributed by atoms with E-state index in [0.717, 1.165) is 16.7 Å². The molecule has 23 heavy (non-hydrogen) atoms. The van der Waals surface area contributed by atoms with Crippen LogP contribution in [-0.4, -0.2) is 17.6 Å². The molecular formula is C16H12ClF2NO2S. The van der Waals surface area contributed by atoms with E-state index >= 15 is 0 Å². The molecule has 0 aliphatic rings. The summed E-state index contributed by atoms with van der Waals surface area (Å²) in [6.45, 7) is 1.78. The average Bonchev–Trinajstić information content (AvgIpc) is 3.10. The predicted octanol–water partition coefficient (Wildman–Crippen LogP) is 5.30. The van der Waals surface area contributed by atoms with Crippen molar-refractivity contribution in [3.8, 4) is 5.75 Å². The van der Waals surface area contributed by atoms with Crippen molar-refractivity contribution >= 4 is 39.7 Å². The Morgan fingerprint density at radius 3 is 2.65 bits per heavy atom. The molecule has 0 N–H and O–H groups in total. The van der Waals surface area contributed by atoms with E-state index in [-0.39, 0.29) is 16.3 Å². The highest BCUT2D eigenvalue weighted by atomic mass is 35.5. The van der Waals surface area contributed by atoms with Gasteiger partial charge in [0.05, 0.1) is 28.1 Å². The van der Waals surface area contributed by atoms with E-state index in [1.165, 1.54) is 23.1 Å². The third-order valence-corrected chi connectivity index (χ3v) is 4.78. The van der Waals surface area contributed by atoms with E-state index in [1.807, 2.05) is 6.07 Å². The van der Waals surface area contributed by atoms with Crippen molar-refractivity contribution < 1.29 is 18.3 Å². The molecule has 0 fully saturated rings. The quantitative estimate of drug-likeness (QED) is 0.638. The molecule has 0 spiro atoms. The molecule has 0 radical (unpaired) electrons. The highest BCUT2D eigenvalue weighted by Gasteiger charge is 2.19. The van der Waals surface area contributed by atoms with Crippen LogP contribution in [0, 0.1) is 6.92 Å². The third kappa shape index (κ3) is 2.72. The summed E-state index contributed by atoms with van der Waals surface area (Å²) in [5.41, 5.74) is 1.54. The minimum Gasteiger partial charge on any atom is -0.495 e. The van der Waals surface area contributed by atoms with Crippen LogP contribution in [-0.2, 0) is 0 Å². The Hall–Kier alpha value is -1.92. The molecule has 0 bridgehead atoms. The first kappa shape index (κ1) is 16.0. The number of ether oxygens (including phenoxy) is 1. The van der Waals surface area contributed by atoms with E-state index in [0.29, 0.717) is 22.0 Å². The van der Waals surface area contributed by atoms with Gasteiger partial charge in [-0.3, -0.25) is 9.36 Å². The molecule has 3 rings (SSSR count). The average molecular weight is 356 g/mol. The number of benzene rings is 1. The van der Waals surface area contributed by atoms with Gasteiger partial charge in [0, 0.05) is 16.5 Å². The van der Waals surface area contributed by atoms with Crippen LogP contribution in [0.2, 0.25) is 5.02 Å². The molecule has 0 aliphatic heterocycles. The first-order valence-corrected chi connectivity index (χ1v) is 7.95.